The third-order valence-electron chi connectivity index (χ3n) is 4.54. The molecule has 2 rings (SSSR count). The number of benzene rings is 1. The van der Waals surface area contributed by atoms with Crippen LogP contribution in [0.25, 0.3) is 0 Å². The Labute approximate surface area is 147 Å². The molecule has 3 unspecified atom stereocenters. The Morgan fingerprint density at radius 1 is 1.28 bits per heavy atom. The van der Waals surface area contributed by atoms with Crippen LogP contribution in [0, 0.1) is 17.6 Å². The van der Waals surface area contributed by atoms with Crippen molar-refractivity contribution in [3.8, 4) is 0 Å². The Kier molecular flexibility index (Phi) is 6.03. The van der Waals surface area contributed by atoms with Crippen LogP contribution in [-0.2, 0) is 14.8 Å². The number of hydrogen-bond acceptors (Lipinski definition) is 3. The summed E-state index contributed by atoms with van der Waals surface area (Å²) in [5, 5.41) is 0. The average molecular weight is 374 g/mol. The first-order valence-electron chi connectivity index (χ1n) is 8.38. The van der Waals surface area contributed by atoms with Gasteiger partial charge >= 0.3 is 0 Å². The molecule has 0 saturated carbocycles. The normalized spacial score (nSPS) is 22.5. The zero-order valence-electron chi connectivity index (χ0n) is 14.6. The van der Waals surface area contributed by atoms with Crippen LogP contribution in [-0.4, -0.2) is 37.1 Å². The number of nitrogens with zero attached hydrogens (tertiary/aromatic N) is 1. The van der Waals surface area contributed by atoms with E-state index in [1.165, 1.54) is 0 Å². The lowest BCUT2D eigenvalue weighted by atomic mass is 9.96. The fourth-order valence-electron chi connectivity index (χ4n) is 3.29. The fraction of sp³-hybridized carbons (Fsp3) is 0.588. The van der Waals surface area contributed by atoms with Gasteiger partial charge in [0.1, 0.15) is 11.6 Å². The zero-order valence-corrected chi connectivity index (χ0v) is 15.4. The first kappa shape index (κ1) is 19.6. The Balaban J connectivity index is 2.07. The number of nitrogens with one attached hydrogen (secondary N) is 1. The molecule has 25 heavy (non-hydrogen) atoms. The molecular weight excluding hydrogens is 350 g/mol. The standard InChI is InChI=1S/C17H24F2N2O3S/c1-11(17(22)21-12(2)5-4-6-13(21)3)10-25(23,24)20-16-8-7-14(18)9-15(16)19/h7-9,11-13,20H,4-6,10H2,1-3H3. The minimum Gasteiger partial charge on any atom is -0.337 e. The van der Waals surface area contributed by atoms with Gasteiger partial charge in [-0.05, 0) is 45.2 Å². The van der Waals surface area contributed by atoms with Crippen molar-refractivity contribution in [2.75, 3.05) is 10.5 Å². The van der Waals surface area contributed by atoms with E-state index in [0.717, 1.165) is 31.4 Å². The van der Waals surface area contributed by atoms with Crippen molar-refractivity contribution in [2.24, 2.45) is 5.92 Å². The van der Waals surface area contributed by atoms with Crippen LogP contribution in [0.3, 0.4) is 0 Å². The van der Waals surface area contributed by atoms with E-state index in [1.807, 2.05) is 13.8 Å². The van der Waals surface area contributed by atoms with Gasteiger partial charge in [-0.1, -0.05) is 6.92 Å². The molecule has 1 aliphatic heterocycles. The Morgan fingerprint density at radius 3 is 2.44 bits per heavy atom. The lowest BCUT2D eigenvalue weighted by Crippen LogP contribution is -2.50. The molecule has 0 radical (unpaired) electrons. The van der Waals surface area contributed by atoms with E-state index in [4.69, 9.17) is 0 Å². The maximum absolute atomic E-state index is 13.6. The molecule has 8 heteroatoms. The molecule has 1 saturated heterocycles. The van der Waals surface area contributed by atoms with Crippen LogP contribution in [0.5, 0.6) is 0 Å². The van der Waals surface area contributed by atoms with Crippen molar-refractivity contribution in [1.82, 2.24) is 4.90 Å². The van der Waals surface area contributed by atoms with Gasteiger partial charge in [-0.15, -0.1) is 0 Å². The minimum atomic E-state index is -3.95. The molecule has 1 amide bonds. The number of amides is 1. The summed E-state index contributed by atoms with van der Waals surface area (Å²) in [5.41, 5.74) is -0.333. The highest BCUT2D eigenvalue weighted by Crippen LogP contribution is 2.25. The first-order chi connectivity index (χ1) is 11.6. The summed E-state index contributed by atoms with van der Waals surface area (Å²) >= 11 is 0. The first-order valence-corrected chi connectivity index (χ1v) is 10.0. The van der Waals surface area contributed by atoms with Gasteiger partial charge in [0.2, 0.25) is 15.9 Å². The highest BCUT2D eigenvalue weighted by molar-refractivity contribution is 7.92. The van der Waals surface area contributed by atoms with Gasteiger partial charge in [-0.2, -0.15) is 0 Å². The summed E-state index contributed by atoms with van der Waals surface area (Å²) in [6.45, 7) is 5.47. The summed E-state index contributed by atoms with van der Waals surface area (Å²) in [6.07, 6.45) is 2.84. The zero-order chi connectivity index (χ0) is 18.8. The molecule has 3 atom stereocenters. The molecule has 0 aromatic heterocycles. The molecule has 1 N–H and O–H groups in total. The van der Waals surface area contributed by atoms with Crippen LogP contribution in [0.4, 0.5) is 14.5 Å². The Morgan fingerprint density at radius 2 is 1.88 bits per heavy atom. The van der Waals surface area contributed by atoms with E-state index < -0.39 is 33.3 Å². The number of likely N-dealkylation sites (tertiary alicyclic amines) is 1. The van der Waals surface area contributed by atoms with Crippen molar-refractivity contribution >= 4 is 21.6 Å². The van der Waals surface area contributed by atoms with Crippen molar-refractivity contribution in [3.63, 3.8) is 0 Å². The van der Waals surface area contributed by atoms with Gasteiger partial charge < -0.3 is 4.90 Å². The third kappa shape index (κ3) is 4.90. The quantitative estimate of drug-likeness (QED) is 0.861. The average Bonchev–Trinajstić information content (AvgIpc) is 2.49. The maximum Gasteiger partial charge on any atom is 0.233 e. The number of sulfonamides is 1. The van der Waals surface area contributed by atoms with E-state index in [9.17, 15) is 22.0 Å². The smallest absolute Gasteiger partial charge is 0.233 e. The van der Waals surface area contributed by atoms with Gasteiger partial charge in [0, 0.05) is 18.2 Å². The molecule has 0 aliphatic carbocycles. The maximum atomic E-state index is 13.6. The number of carbonyl (C=O) groups is 1. The summed E-state index contributed by atoms with van der Waals surface area (Å²) in [6, 6.07) is 2.73. The van der Waals surface area contributed by atoms with Gasteiger partial charge in [-0.3, -0.25) is 9.52 Å². The monoisotopic (exact) mass is 374 g/mol. The number of halogens is 2. The van der Waals surface area contributed by atoms with Crippen molar-refractivity contribution in [1.29, 1.82) is 0 Å². The second-order valence-electron chi connectivity index (χ2n) is 6.78. The van der Waals surface area contributed by atoms with Crippen LogP contribution in [0.2, 0.25) is 0 Å². The molecular formula is C17H24F2N2O3S. The number of anilines is 1. The Hall–Kier alpha value is -1.70. The van der Waals surface area contributed by atoms with E-state index in [-0.39, 0.29) is 23.7 Å². The van der Waals surface area contributed by atoms with Crippen molar-refractivity contribution < 1.29 is 22.0 Å². The summed E-state index contributed by atoms with van der Waals surface area (Å²) < 4.78 is 53.1. The van der Waals surface area contributed by atoms with E-state index >= 15 is 0 Å². The van der Waals surface area contributed by atoms with Gasteiger partial charge in [-0.25, -0.2) is 17.2 Å². The van der Waals surface area contributed by atoms with Crippen LogP contribution in [0.1, 0.15) is 40.0 Å². The minimum absolute atomic E-state index is 0.0731. The van der Waals surface area contributed by atoms with Crippen LogP contribution >= 0.6 is 0 Å². The molecule has 1 aliphatic rings. The predicted octanol–water partition coefficient (Wildman–Crippen LogP) is 3.13. The molecule has 0 spiro atoms. The second-order valence-corrected chi connectivity index (χ2v) is 8.55. The Bertz CT molecular complexity index is 729. The molecule has 1 heterocycles. The number of piperidine rings is 1. The number of carbonyl (C=O) groups excluding carboxylic acids is 1. The largest absolute Gasteiger partial charge is 0.337 e. The second kappa shape index (κ2) is 7.68. The lowest BCUT2D eigenvalue weighted by Gasteiger charge is -2.40. The van der Waals surface area contributed by atoms with E-state index in [0.29, 0.717) is 6.07 Å². The van der Waals surface area contributed by atoms with Crippen LogP contribution < -0.4 is 4.72 Å². The van der Waals surface area contributed by atoms with Gasteiger partial charge in [0.25, 0.3) is 0 Å². The van der Waals surface area contributed by atoms with Crippen molar-refractivity contribution in [2.45, 2.75) is 52.1 Å². The predicted molar refractivity (Wildman–Crippen MR) is 92.6 cm³/mol. The highest BCUT2D eigenvalue weighted by atomic mass is 32.2. The summed E-state index contributed by atoms with van der Waals surface area (Å²) in [7, 11) is -3.95. The summed E-state index contributed by atoms with van der Waals surface area (Å²) in [4.78, 5) is 14.4. The molecule has 1 fully saturated rings. The molecule has 5 nitrogen and oxygen atoms in total. The third-order valence-corrected chi connectivity index (χ3v) is 6.01. The molecule has 0 bridgehead atoms. The van der Waals surface area contributed by atoms with E-state index in [2.05, 4.69) is 4.72 Å². The highest BCUT2D eigenvalue weighted by Gasteiger charge is 2.33. The van der Waals surface area contributed by atoms with Gasteiger partial charge in [0.05, 0.1) is 17.4 Å². The van der Waals surface area contributed by atoms with Crippen molar-refractivity contribution in [3.05, 3.63) is 29.8 Å². The lowest BCUT2D eigenvalue weighted by molar-refractivity contribution is -0.140. The SMILES string of the molecule is CC(CS(=O)(=O)Nc1ccc(F)cc1F)C(=O)N1C(C)CCCC1C. The number of rotatable bonds is 5. The van der Waals surface area contributed by atoms with E-state index in [1.54, 1.807) is 11.8 Å². The topological polar surface area (TPSA) is 66.5 Å². The summed E-state index contributed by atoms with van der Waals surface area (Å²) in [5.74, 6) is -3.23. The molecule has 1 aromatic rings. The van der Waals surface area contributed by atoms with Gasteiger partial charge in [0.15, 0.2) is 0 Å². The van der Waals surface area contributed by atoms with Crippen LogP contribution in [0.15, 0.2) is 18.2 Å². The molecule has 140 valence electrons. The molecule has 1 aromatic carbocycles. The fourth-order valence-corrected chi connectivity index (χ4v) is 4.68. The number of hydrogen-bond donors (Lipinski definition) is 1.